The summed E-state index contributed by atoms with van der Waals surface area (Å²) in [5.74, 6) is 0.647. The summed E-state index contributed by atoms with van der Waals surface area (Å²) in [6, 6.07) is 11.9. The number of carbonyl (C=O) groups excluding carboxylic acids is 1. The Hall–Kier alpha value is -2.42. The molecule has 0 saturated carbocycles. The number of morpholine rings is 1. The van der Waals surface area contributed by atoms with Crippen molar-refractivity contribution in [3.63, 3.8) is 0 Å². The van der Waals surface area contributed by atoms with Crippen LogP contribution in [0.15, 0.2) is 42.5 Å². The second-order valence-corrected chi connectivity index (χ2v) is 5.76. The Morgan fingerprint density at radius 3 is 2.56 bits per heavy atom. The van der Waals surface area contributed by atoms with E-state index in [4.69, 9.17) is 14.8 Å². The third kappa shape index (κ3) is 4.57. The van der Waals surface area contributed by atoms with Gasteiger partial charge in [-0.2, -0.15) is 0 Å². The topological polar surface area (TPSA) is 94.9 Å². The number of hydrogen-bond donors (Lipinski definition) is 3. The molecule has 3 rings (SSSR count). The fourth-order valence-corrected chi connectivity index (χ4v) is 2.61. The van der Waals surface area contributed by atoms with E-state index in [1.54, 1.807) is 12.1 Å². The number of nitrogens with one attached hydrogen (secondary N) is 1. The van der Waals surface area contributed by atoms with E-state index in [1.165, 1.54) is 12.1 Å². The van der Waals surface area contributed by atoms with Crippen LogP contribution in [0.25, 0.3) is 0 Å². The summed E-state index contributed by atoms with van der Waals surface area (Å²) < 4.78 is 5.34. The minimum Gasteiger partial charge on any atom is -0.423 e. The molecule has 0 atom stereocenters. The zero-order valence-electron chi connectivity index (χ0n) is 13.8. The molecule has 1 saturated heterocycles. The molecule has 2 heterocycles. The molecule has 1 amide bonds. The zero-order chi connectivity index (χ0) is 17.6. The van der Waals surface area contributed by atoms with Gasteiger partial charge in [-0.1, -0.05) is 18.2 Å². The maximum absolute atomic E-state index is 12.2. The van der Waals surface area contributed by atoms with Crippen LogP contribution in [0.2, 0.25) is 0 Å². The van der Waals surface area contributed by atoms with E-state index in [-0.39, 0.29) is 5.91 Å². The van der Waals surface area contributed by atoms with Gasteiger partial charge >= 0.3 is 7.12 Å². The summed E-state index contributed by atoms with van der Waals surface area (Å²) in [5, 5.41) is 21.0. The normalized spacial score (nSPS) is 14.2. The van der Waals surface area contributed by atoms with Crippen LogP contribution in [0.3, 0.4) is 0 Å². The second-order valence-electron chi connectivity index (χ2n) is 5.76. The van der Waals surface area contributed by atoms with Crippen molar-refractivity contribution in [2.75, 3.05) is 31.2 Å². The number of rotatable bonds is 5. The third-order valence-electron chi connectivity index (χ3n) is 4.03. The van der Waals surface area contributed by atoms with Crippen molar-refractivity contribution in [3.05, 3.63) is 53.7 Å². The summed E-state index contributed by atoms with van der Waals surface area (Å²) in [6.45, 7) is 3.33. The molecule has 1 aromatic heterocycles. The number of aromatic nitrogens is 1. The fourth-order valence-electron chi connectivity index (χ4n) is 2.61. The lowest BCUT2D eigenvalue weighted by molar-refractivity contribution is 0.0950. The zero-order valence-corrected chi connectivity index (χ0v) is 13.8. The van der Waals surface area contributed by atoms with Crippen molar-refractivity contribution in [1.82, 2.24) is 10.3 Å². The van der Waals surface area contributed by atoms with E-state index in [0.717, 1.165) is 24.6 Å². The third-order valence-corrected chi connectivity index (χ3v) is 4.03. The van der Waals surface area contributed by atoms with Gasteiger partial charge in [-0.15, -0.1) is 0 Å². The van der Waals surface area contributed by atoms with E-state index in [9.17, 15) is 4.79 Å². The average Bonchev–Trinajstić information content (AvgIpc) is 2.67. The van der Waals surface area contributed by atoms with Gasteiger partial charge in [-0.05, 0) is 29.7 Å². The standard InChI is InChI=1S/C17H20BN3O4/c22-17(13-4-6-14(7-5-13)18(23)24)19-12-15-2-1-3-16(20-15)21-8-10-25-11-9-21/h1-7,23-24H,8-12H2,(H,19,22). The van der Waals surface area contributed by atoms with E-state index in [0.29, 0.717) is 30.8 Å². The first-order chi connectivity index (χ1) is 12.1. The van der Waals surface area contributed by atoms with Gasteiger partial charge in [0.15, 0.2) is 0 Å². The minimum absolute atomic E-state index is 0.238. The molecule has 8 heteroatoms. The first kappa shape index (κ1) is 17.4. The Kier molecular flexibility index (Phi) is 5.65. The number of nitrogens with zero attached hydrogens (tertiary/aromatic N) is 2. The quantitative estimate of drug-likeness (QED) is 0.637. The molecular formula is C17H20BN3O4. The van der Waals surface area contributed by atoms with E-state index in [2.05, 4.69) is 15.2 Å². The molecule has 1 aliphatic heterocycles. The van der Waals surface area contributed by atoms with Crippen molar-refractivity contribution < 1.29 is 19.6 Å². The van der Waals surface area contributed by atoms with Crippen LogP contribution in [0.4, 0.5) is 5.82 Å². The lowest BCUT2D eigenvalue weighted by Gasteiger charge is -2.28. The van der Waals surface area contributed by atoms with Crippen molar-refractivity contribution in [2.24, 2.45) is 0 Å². The van der Waals surface area contributed by atoms with Gasteiger partial charge in [0.05, 0.1) is 25.5 Å². The van der Waals surface area contributed by atoms with Crippen LogP contribution < -0.4 is 15.7 Å². The Bertz CT molecular complexity index is 718. The summed E-state index contributed by atoms with van der Waals surface area (Å²) in [7, 11) is -1.54. The predicted molar refractivity (Wildman–Crippen MR) is 94.7 cm³/mol. The molecule has 1 aliphatic rings. The molecule has 0 aliphatic carbocycles. The average molecular weight is 341 g/mol. The van der Waals surface area contributed by atoms with Crippen molar-refractivity contribution in [2.45, 2.75) is 6.54 Å². The van der Waals surface area contributed by atoms with E-state index < -0.39 is 7.12 Å². The van der Waals surface area contributed by atoms with E-state index in [1.807, 2.05) is 18.2 Å². The monoisotopic (exact) mass is 341 g/mol. The smallest absolute Gasteiger partial charge is 0.423 e. The van der Waals surface area contributed by atoms with Gasteiger partial charge in [-0.3, -0.25) is 4.79 Å². The number of carbonyl (C=O) groups is 1. The van der Waals surface area contributed by atoms with Crippen LogP contribution in [0.5, 0.6) is 0 Å². The molecule has 0 bridgehead atoms. The Morgan fingerprint density at radius 1 is 1.16 bits per heavy atom. The highest BCUT2D eigenvalue weighted by molar-refractivity contribution is 6.58. The van der Waals surface area contributed by atoms with Crippen molar-refractivity contribution >= 4 is 24.3 Å². The van der Waals surface area contributed by atoms with Crippen LogP contribution in [0, 0.1) is 0 Å². The lowest BCUT2D eigenvalue weighted by Crippen LogP contribution is -2.37. The highest BCUT2D eigenvalue weighted by atomic mass is 16.5. The predicted octanol–water partition coefficient (Wildman–Crippen LogP) is -0.472. The number of anilines is 1. The number of benzene rings is 1. The molecule has 25 heavy (non-hydrogen) atoms. The SMILES string of the molecule is O=C(NCc1cccc(N2CCOCC2)n1)c1ccc(B(O)O)cc1. The van der Waals surface area contributed by atoms with Crippen LogP contribution >= 0.6 is 0 Å². The molecule has 130 valence electrons. The molecule has 0 radical (unpaired) electrons. The van der Waals surface area contributed by atoms with Gasteiger partial charge in [0.25, 0.3) is 5.91 Å². The van der Waals surface area contributed by atoms with Gasteiger partial charge in [-0.25, -0.2) is 4.98 Å². The second kappa shape index (κ2) is 8.11. The number of ether oxygens (including phenoxy) is 1. The Balaban J connectivity index is 1.60. The number of amides is 1. The first-order valence-electron chi connectivity index (χ1n) is 8.16. The van der Waals surface area contributed by atoms with Gasteiger partial charge in [0.2, 0.25) is 0 Å². The highest BCUT2D eigenvalue weighted by Gasteiger charge is 2.14. The maximum atomic E-state index is 12.2. The van der Waals surface area contributed by atoms with Gasteiger partial charge in [0, 0.05) is 18.7 Å². The van der Waals surface area contributed by atoms with Crippen LogP contribution in [-0.4, -0.2) is 54.4 Å². The molecule has 7 nitrogen and oxygen atoms in total. The fraction of sp³-hybridized carbons (Fsp3) is 0.294. The first-order valence-corrected chi connectivity index (χ1v) is 8.16. The Morgan fingerprint density at radius 2 is 1.88 bits per heavy atom. The number of hydrogen-bond acceptors (Lipinski definition) is 6. The van der Waals surface area contributed by atoms with Crippen LogP contribution in [0.1, 0.15) is 16.1 Å². The lowest BCUT2D eigenvalue weighted by atomic mass is 9.80. The molecule has 1 aromatic carbocycles. The van der Waals surface area contributed by atoms with E-state index >= 15 is 0 Å². The Labute approximate surface area is 146 Å². The summed E-state index contributed by atoms with van der Waals surface area (Å²) in [4.78, 5) is 18.9. The molecule has 1 fully saturated rings. The molecule has 0 spiro atoms. The van der Waals surface area contributed by atoms with Crippen molar-refractivity contribution in [3.8, 4) is 0 Å². The van der Waals surface area contributed by atoms with Gasteiger partial charge < -0.3 is 25.0 Å². The molecule has 3 N–H and O–H groups in total. The number of pyridine rings is 1. The highest BCUT2D eigenvalue weighted by Crippen LogP contribution is 2.13. The van der Waals surface area contributed by atoms with Crippen LogP contribution in [-0.2, 0) is 11.3 Å². The summed E-state index contributed by atoms with van der Waals surface area (Å²) in [6.07, 6.45) is 0. The molecular weight excluding hydrogens is 321 g/mol. The summed E-state index contributed by atoms with van der Waals surface area (Å²) >= 11 is 0. The van der Waals surface area contributed by atoms with Crippen molar-refractivity contribution in [1.29, 1.82) is 0 Å². The maximum Gasteiger partial charge on any atom is 0.488 e. The molecule has 2 aromatic rings. The molecule has 0 unspecified atom stereocenters. The minimum atomic E-state index is -1.54. The summed E-state index contributed by atoms with van der Waals surface area (Å²) in [5.41, 5.74) is 1.57. The van der Waals surface area contributed by atoms with Gasteiger partial charge in [0.1, 0.15) is 5.82 Å². The largest absolute Gasteiger partial charge is 0.488 e.